The van der Waals surface area contributed by atoms with Gasteiger partial charge in [-0.15, -0.1) is 12.4 Å². The van der Waals surface area contributed by atoms with Gasteiger partial charge in [-0.3, -0.25) is 14.8 Å². The zero-order chi connectivity index (χ0) is 19.5. The van der Waals surface area contributed by atoms with Gasteiger partial charge in [0.2, 0.25) is 5.91 Å². The fourth-order valence-electron chi connectivity index (χ4n) is 4.50. The Labute approximate surface area is 184 Å². The van der Waals surface area contributed by atoms with Crippen LogP contribution in [0, 0.1) is 11.8 Å². The molecule has 3 atom stereocenters. The van der Waals surface area contributed by atoms with Crippen molar-refractivity contribution >= 4 is 29.9 Å². The van der Waals surface area contributed by atoms with E-state index >= 15 is 0 Å². The van der Waals surface area contributed by atoms with Crippen LogP contribution in [0.5, 0.6) is 0 Å². The Morgan fingerprint density at radius 1 is 1.21 bits per heavy atom. The normalized spacial score (nSPS) is 24.4. The number of hydrazine groups is 1. The minimum atomic E-state index is 0. The maximum atomic E-state index is 12.2. The Hall–Kier alpha value is -1.62. The number of carbonyl (C=O) groups excluding carboxylic acids is 1. The number of aromatic nitrogens is 1. The van der Waals surface area contributed by atoms with Gasteiger partial charge in [-0.25, -0.2) is 5.43 Å². The molecule has 1 aromatic heterocycles. The Morgan fingerprint density at radius 2 is 2.07 bits per heavy atom. The minimum absolute atomic E-state index is 0. The van der Waals surface area contributed by atoms with Crippen LogP contribution in [0.15, 0.2) is 42.7 Å². The van der Waals surface area contributed by atoms with Crippen LogP contribution in [0.2, 0.25) is 5.02 Å². The lowest BCUT2D eigenvalue weighted by Crippen LogP contribution is -2.47. The molecule has 0 radical (unpaired) electrons. The first-order chi connectivity index (χ1) is 13.6. The van der Waals surface area contributed by atoms with Gasteiger partial charge in [0.05, 0.1) is 0 Å². The van der Waals surface area contributed by atoms with Crippen LogP contribution in [0.4, 0.5) is 0 Å². The van der Waals surface area contributed by atoms with E-state index in [1.54, 1.807) is 6.20 Å². The van der Waals surface area contributed by atoms with Crippen molar-refractivity contribution in [2.45, 2.75) is 51.5 Å². The van der Waals surface area contributed by atoms with Crippen molar-refractivity contribution in [1.82, 2.24) is 15.4 Å². The average molecular weight is 434 g/mol. The third kappa shape index (κ3) is 5.30. The highest BCUT2D eigenvalue weighted by atomic mass is 35.5. The van der Waals surface area contributed by atoms with Crippen LogP contribution in [0.3, 0.4) is 0 Å². The van der Waals surface area contributed by atoms with Gasteiger partial charge < -0.3 is 0 Å². The maximum absolute atomic E-state index is 12.2. The largest absolute Gasteiger partial charge is 0.278 e. The Morgan fingerprint density at radius 3 is 2.76 bits per heavy atom. The molecular weight excluding hydrogens is 405 g/mol. The smallest absolute Gasteiger partial charge is 0.239 e. The van der Waals surface area contributed by atoms with E-state index in [-0.39, 0.29) is 24.2 Å². The molecule has 6 heteroatoms. The van der Waals surface area contributed by atoms with Gasteiger partial charge in [0, 0.05) is 41.5 Å². The van der Waals surface area contributed by atoms with Gasteiger partial charge in [0.15, 0.2) is 0 Å². The van der Waals surface area contributed by atoms with E-state index in [1.807, 2.05) is 24.2 Å². The highest BCUT2D eigenvalue weighted by Gasteiger charge is 2.31. The molecule has 4 rings (SSSR count). The van der Waals surface area contributed by atoms with Crippen molar-refractivity contribution in [3.8, 4) is 11.1 Å². The lowest BCUT2D eigenvalue weighted by molar-refractivity contribution is -0.134. The lowest BCUT2D eigenvalue weighted by Gasteiger charge is -2.33. The van der Waals surface area contributed by atoms with Gasteiger partial charge in [-0.05, 0) is 54.9 Å². The molecule has 3 unspecified atom stereocenters. The summed E-state index contributed by atoms with van der Waals surface area (Å²) in [5.74, 6) is 1.00. The van der Waals surface area contributed by atoms with Gasteiger partial charge in [-0.2, -0.15) is 0 Å². The zero-order valence-electron chi connectivity index (χ0n) is 16.8. The molecule has 1 aliphatic heterocycles. The third-order valence-corrected chi connectivity index (χ3v) is 6.50. The topological polar surface area (TPSA) is 45.2 Å². The molecular formula is C23H29Cl2N3O. The van der Waals surface area contributed by atoms with Crippen LogP contribution in [0.1, 0.15) is 44.6 Å². The van der Waals surface area contributed by atoms with Crippen LogP contribution in [-0.4, -0.2) is 28.5 Å². The van der Waals surface area contributed by atoms with Crippen LogP contribution in [0.25, 0.3) is 11.1 Å². The monoisotopic (exact) mass is 433 g/mol. The summed E-state index contributed by atoms with van der Waals surface area (Å²) in [4.78, 5) is 16.4. The fourth-order valence-corrected chi connectivity index (χ4v) is 4.76. The molecule has 2 heterocycles. The van der Waals surface area contributed by atoms with Crippen LogP contribution >= 0.6 is 24.0 Å². The number of amides is 1. The predicted molar refractivity (Wildman–Crippen MR) is 120 cm³/mol. The zero-order valence-corrected chi connectivity index (χ0v) is 18.4. The first-order valence-electron chi connectivity index (χ1n) is 10.4. The molecule has 4 nitrogen and oxygen atoms in total. The van der Waals surface area contributed by atoms with Crippen molar-refractivity contribution in [2.24, 2.45) is 11.8 Å². The number of pyridine rings is 1. The van der Waals surface area contributed by atoms with Crippen LogP contribution in [-0.2, 0) is 11.2 Å². The van der Waals surface area contributed by atoms with Gasteiger partial charge >= 0.3 is 0 Å². The number of halogens is 2. The summed E-state index contributed by atoms with van der Waals surface area (Å²) in [5.41, 5.74) is 6.91. The number of hydrogen-bond acceptors (Lipinski definition) is 3. The fraction of sp³-hybridized carbons (Fsp3) is 0.478. The second kappa shape index (κ2) is 9.92. The van der Waals surface area contributed by atoms with E-state index < -0.39 is 0 Å². The highest BCUT2D eigenvalue weighted by molar-refractivity contribution is 6.31. The number of hydrogen-bond donors (Lipinski definition) is 1. The first-order valence-corrected chi connectivity index (χ1v) is 10.7. The molecule has 29 heavy (non-hydrogen) atoms. The molecule has 0 spiro atoms. The molecule has 156 valence electrons. The summed E-state index contributed by atoms with van der Waals surface area (Å²) in [7, 11) is 0. The Kier molecular flexibility index (Phi) is 7.55. The molecule has 2 aliphatic rings. The van der Waals surface area contributed by atoms with E-state index in [4.69, 9.17) is 11.6 Å². The summed E-state index contributed by atoms with van der Waals surface area (Å²) < 4.78 is 0. The first kappa shape index (κ1) is 22.1. The molecule has 1 N–H and O–H groups in total. The Balaban J connectivity index is 0.00000240. The number of rotatable bonds is 5. The second-order valence-electron chi connectivity index (χ2n) is 8.29. The molecule has 2 aromatic rings. The summed E-state index contributed by atoms with van der Waals surface area (Å²) in [6.07, 6.45) is 10.3. The van der Waals surface area contributed by atoms with Gasteiger partial charge in [0.25, 0.3) is 0 Å². The van der Waals surface area contributed by atoms with Gasteiger partial charge in [-0.1, -0.05) is 49.6 Å². The van der Waals surface area contributed by atoms with E-state index in [1.165, 1.54) is 18.4 Å². The number of nitrogens with zero attached hydrogens (tertiary/aromatic N) is 2. The van der Waals surface area contributed by atoms with E-state index in [0.29, 0.717) is 12.0 Å². The Bertz CT molecular complexity index is 830. The summed E-state index contributed by atoms with van der Waals surface area (Å²) >= 11 is 6.62. The summed E-state index contributed by atoms with van der Waals surface area (Å²) in [6, 6.07) is 10.7. The standard InChI is InChI=1S/C23H28ClN3O.ClH/c1-16-9-11-27(23(16)28)26-21-6-2-4-17(13-21)12-19-8-7-18(14-22(19)24)20-5-3-10-25-15-20;/h3,5,7-8,10,14-17,21,26H,2,4,6,9,11-13H2,1H3;1H. The molecule has 1 saturated heterocycles. The molecule has 1 saturated carbocycles. The third-order valence-electron chi connectivity index (χ3n) is 6.15. The lowest BCUT2D eigenvalue weighted by atomic mass is 9.82. The maximum Gasteiger partial charge on any atom is 0.239 e. The van der Waals surface area contributed by atoms with Crippen molar-refractivity contribution in [1.29, 1.82) is 0 Å². The summed E-state index contributed by atoms with van der Waals surface area (Å²) in [6.45, 7) is 2.85. The second-order valence-corrected chi connectivity index (χ2v) is 8.70. The van der Waals surface area contributed by atoms with E-state index in [9.17, 15) is 4.79 Å². The minimum Gasteiger partial charge on any atom is -0.278 e. The van der Waals surface area contributed by atoms with E-state index in [2.05, 4.69) is 34.7 Å². The van der Waals surface area contributed by atoms with Crippen molar-refractivity contribution in [3.05, 3.63) is 53.3 Å². The quantitative estimate of drug-likeness (QED) is 0.695. The SMILES string of the molecule is CC1CCN(NC2CCCC(Cc3ccc(-c4cccnc4)cc3Cl)C2)C1=O.Cl. The van der Waals surface area contributed by atoms with E-state index in [0.717, 1.165) is 48.4 Å². The molecule has 1 aromatic carbocycles. The molecule has 1 aliphatic carbocycles. The average Bonchev–Trinajstić information content (AvgIpc) is 3.03. The van der Waals surface area contributed by atoms with Crippen molar-refractivity contribution < 1.29 is 4.79 Å². The molecule has 0 bridgehead atoms. The molecule has 2 fully saturated rings. The number of nitrogens with one attached hydrogen (secondary N) is 1. The van der Waals surface area contributed by atoms with Crippen molar-refractivity contribution in [2.75, 3.05) is 6.54 Å². The highest BCUT2D eigenvalue weighted by Crippen LogP contribution is 2.32. The molecule has 1 amide bonds. The predicted octanol–water partition coefficient (Wildman–Crippen LogP) is 5.30. The van der Waals surface area contributed by atoms with Crippen LogP contribution < -0.4 is 5.43 Å². The number of benzene rings is 1. The van der Waals surface area contributed by atoms with Crippen molar-refractivity contribution in [3.63, 3.8) is 0 Å². The summed E-state index contributed by atoms with van der Waals surface area (Å²) in [5, 5.41) is 2.69. The number of carbonyl (C=O) groups is 1. The van der Waals surface area contributed by atoms with Gasteiger partial charge in [0.1, 0.15) is 0 Å².